The number of nitrogens with one attached hydrogen (secondary N) is 1. The number of aryl methyl sites for hydroxylation is 1. The molecule has 0 radical (unpaired) electrons. The number of thiazole rings is 1. The van der Waals surface area contributed by atoms with Gasteiger partial charge in [0.2, 0.25) is 0 Å². The molecule has 0 bridgehead atoms. The Hall–Kier alpha value is -3.13. The number of aromatic nitrogens is 1. The Bertz CT molecular complexity index is 1270. The molecule has 1 heterocycles. The number of carbonyl (C=O) groups is 1. The van der Waals surface area contributed by atoms with Crippen LogP contribution in [0.5, 0.6) is 5.75 Å². The fraction of sp³-hybridized carbons (Fsp3) is 0.115. The van der Waals surface area contributed by atoms with Gasteiger partial charge < -0.3 is 4.74 Å². The van der Waals surface area contributed by atoms with E-state index in [9.17, 15) is 4.79 Å². The number of rotatable bonds is 9. The number of benzene rings is 3. The molecule has 4 aromatic rings. The number of amides is 1. The predicted molar refractivity (Wildman–Crippen MR) is 141 cm³/mol. The topological polar surface area (TPSA) is 63.6 Å². The van der Waals surface area contributed by atoms with Crippen LogP contribution in [0.1, 0.15) is 16.7 Å². The lowest BCUT2D eigenvalue weighted by Crippen LogP contribution is -2.19. The van der Waals surface area contributed by atoms with Gasteiger partial charge in [-0.2, -0.15) is 5.10 Å². The van der Waals surface area contributed by atoms with E-state index in [-0.39, 0.29) is 11.7 Å². The molecule has 172 valence electrons. The summed E-state index contributed by atoms with van der Waals surface area (Å²) in [5, 5.41) is 6.70. The van der Waals surface area contributed by atoms with Crippen LogP contribution in [0.2, 0.25) is 5.02 Å². The van der Waals surface area contributed by atoms with Crippen LogP contribution in [-0.4, -0.2) is 22.9 Å². The van der Waals surface area contributed by atoms with Gasteiger partial charge in [0.25, 0.3) is 5.91 Å². The summed E-state index contributed by atoms with van der Waals surface area (Å²) in [5.74, 6) is 0.821. The quantitative estimate of drug-likeness (QED) is 0.157. The molecule has 0 fully saturated rings. The zero-order valence-corrected chi connectivity index (χ0v) is 20.8. The van der Waals surface area contributed by atoms with E-state index >= 15 is 0 Å². The molecule has 0 aliphatic heterocycles. The van der Waals surface area contributed by atoms with Crippen LogP contribution >= 0.6 is 34.7 Å². The summed E-state index contributed by atoms with van der Waals surface area (Å²) in [4.78, 5) is 16.7. The van der Waals surface area contributed by atoms with Gasteiger partial charge in [-0.05, 0) is 60.0 Å². The Kier molecular flexibility index (Phi) is 8.36. The fourth-order valence-corrected chi connectivity index (χ4v) is 4.75. The molecule has 0 saturated heterocycles. The number of carbonyl (C=O) groups excluding carboxylic acids is 1. The summed E-state index contributed by atoms with van der Waals surface area (Å²) in [6.45, 7) is 2.59. The molecular weight excluding hydrogens is 486 g/mol. The maximum absolute atomic E-state index is 12.1. The van der Waals surface area contributed by atoms with E-state index in [0.29, 0.717) is 11.6 Å². The van der Waals surface area contributed by atoms with Gasteiger partial charge in [-0.3, -0.25) is 4.79 Å². The minimum atomic E-state index is -0.192. The molecule has 1 amide bonds. The summed E-state index contributed by atoms with van der Waals surface area (Å²) in [5.41, 5.74) is 7.65. The largest absolute Gasteiger partial charge is 0.489 e. The summed E-state index contributed by atoms with van der Waals surface area (Å²) in [6, 6.07) is 23.2. The summed E-state index contributed by atoms with van der Waals surface area (Å²) >= 11 is 8.81. The van der Waals surface area contributed by atoms with Crippen LogP contribution < -0.4 is 10.2 Å². The maximum atomic E-state index is 12.1. The summed E-state index contributed by atoms with van der Waals surface area (Å²) in [6.07, 6.45) is 1.61. The number of thioether (sulfide) groups is 1. The van der Waals surface area contributed by atoms with Crippen molar-refractivity contribution in [2.24, 2.45) is 5.10 Å². The molecule has 0 saturated carbocycles. The van der Waals surface area contributed by atoms with E-state index in [1.165, 1.54) is 28.7 Å². The van der Waals surface area contributed by atoms with Crippen molar-refractivity contribution in [2.45, 2.75) is 17.9 Å². The second-order valence-corrected chi connectivity index (χ2v) is 9.89. The summed E-state index contributed by atoms with van der Waals surface area (Å²) in [7, 11) is 0. The lowest BCUT2D eigenvalue weighted by Gasteiger charge is -2.08. The van der Waals surface area contributed by atoms with Gasteiger partial charge in [-0.25, -0.2) is 10.4 Å². The first-order valence-electron chi connectivity index (χ1n) is 10.5. The molecule has 0 unspecified atom stereocenters. The van der Waals surface area contributed by atoms with Crippen molar-refractivity contribution in [1.29, 1.82) is 0 Å². The lowest BCUT2D eigenvalue weighted by molar-refractivity contribution is -0.118. The standard InChI is InChI=1S/C26H22ClN3O2S2/c1-18-4-2-3-5-21(18)15-32-23-12-6-19(7-13-23)14-28-30-25(31)17-34-26-29-24(16-33-26)20-8-10-22(27)11-9-20/h2-14,16H,15,17H2,1H3,(H,30,31)/b28-14+. The van der Waals surface area contributed by atoms with Gasteiger partial charge in [0.1, 0.15) is 12.4 Å². The third-order valence-corrected chi connectivity index (χ3v) is 7.16. The Morgan fingerprint density at radius 1 is 1.12 bits per heavy atom. The van der Waals surface area contributed by atoms with Gasteiger partial charge in [0.15, 0.2) is 4.34 Å². The van der Waals surface area contributed by atoms with E-state index in [1.54, 1.807) is 6.21 Å². The highest BCUT2D eigenvalue weighted by molar-refractivity contribution is 8.01. The molecule has 1 N–H and O–H groups in total. The number of hydrazone groups is 1. The van der Waals surface area contributed by atoms with Crippen LogP contribution in [-0.2, 0) is 11.4 Å². The van der Waals surface area contributed by atoms with Crippen LogP contribution in [0.4, 0.5) is 0 Å². The van der Waals surface area contributed by atoms with E-state index in [1.807, 2.05) is 66.0 Å². The Morgan fingerprint density at radius 3 is 2.65 bits per heavy atom. The van der Waals surface area contributed by atoms with Gasteiger partial charge in [-0.15, -0.1) is 11.3 Å². The van der Waals surface area contributed by atoms with Gasteiger partial charge in [0.05, 0.1) is 17.7 Å². The maximum Gasteiger partial charge on any atom is 0.250 e. The Labute approximate surface area is 211 Å². The average molecular weight is 508 g/mol. The fourth-order valence-electron chi connectivity index (χ4n) is 3.00. The number of ether oxygens (including phenoxy) is 1. The second-order valence-electron chi connectivity index (χ2n) is 7.37. The number of halogens is 1. The van der Waals surface area contributed by atoms with Gasteiger partial charge in [-0.1, -0.05) is 59.8 Å². The normalized spacial score (nSPS) is 11.0. The van der Waals surface area contributed by atoms with Gasteiger partial charge in [0, 0.05) is 16.0 Å². The zero-order chi connectivity index (χ0) is 23.8. The van der Waals surface area contributed by atoms with E-state index in [4.69, 9.17) is 16.3 Å². The molecule has 3 aromatic carbocycles. The molecule has 0 aliphatic carbocycles. The minimum Gasteiger partial charge on any atom is -0.489 e. The van der Waals surface area contributed by atoms with E-state index in [0.717, 1.165) is 32.5 Å². The molecule has 0 atom stereocenters. The highest BCUT2D eigenvalue weighted by Gasteiger charge is 2.08. The third-order valence-electron chi connectivity index (χ3n) is 4.89. The van der Waals surface area contributed by atoms with E-state index < -0.39 is 0 Å². The smallest absolute Gasteiger partial charge is 0.250 e. The Balaban J connectivity index is 1.21. The van der Waals surface area contributed by atoms with Crippen molar-refractivity contribution < 1.29 is 9.53 Å². The highest BCUT2D eigenvalue weighted by Crippen LogP contribution is 2.28. The van der Waals surface area contributed by atoms with Crippen molar-refractivity contribution in [1.82, 2.24) is 10.4 Å². The molecule has 4 rings (SSSR count). The number of nitrogens with zero attached hydrogens (tertiary/aromatic N) is 2. The molecule has 5 nitrogen and oxygen atoms in total. The number of hydrogen-bond acceptors (Lipinski definition) is 6. The van der Waals surface area contributed by atoms with Crippen molar-refractivity contribution in [3.8, 4) is 17.0 Å². The molecule has 8 heteroatoms. The van der Waals surface area contributed by atoms with Crippen LogP contribution in [0, 0.1) is 6.92 Å². The van der Waals surface area contributed by atoms with Crippen molar-refractivity contribution in [3.05, 3.63) is 99.9 Å². The van der Waals surface area contributed by atoms with Crippen LogP contribution in [0.3, 0.4) is 0 Å². The molecule has 34 heavy (non-hydrogen) atoms. The predicted octanol–water partition coefficient (Wildman–Crippen LogP) is 6.59. The minimum absolute atomic E-state index is 0.192. The first-order valence-corrected chi connectivity index (χ1v) is 12.7. The number of hydrogen-bond donors (Lipinski definition) is 1. The molecule has 1 aromatic heterocycles. The average Bonchev–Trinajstić information content (AvgIpc) is 3.33. The Morgan fingerprint density at radius 2 is 1.88 bits per heavy atom. The van der Waals surface area contributed by atoms with Crippen LogP contribution in [0.15, 0.2) is 87.6 Å². The first-order chi connectivity index (χ1) is 16.6. The second kappa shape index (κ2) is 11.8. The van der Waals surface area contributed by atoms with Crippen molar-refractivity contribution in [3.63, 3.8) is 0 Å². The SMILES string of the molecule is Cc1ccccc1COc1ccc(/C=N/NC(=O)CSc2nc(-c3ccc(Cl)cc3)cs2)cc1. The monoisotopic (exact) mass is 507 g/mol. The molecule has 0 spiro atoms. The van der Waals surface area contributed by atoms with E-state index in [2.05, 4.69) is 34.6 Å². The van der Waals surface area contributed by atoms with Gasteiger partial charge >= 0.3 is 0 Å². The molecular formula is C26H22ClN3O2S2. The molecule has 0 aliphatic rings. The van der Waals surface area contributed by atoms with Crippen LogP contribution in [0.25, 0.3) is 11.3 Å². The summed E-state index contributed by atoms with van der Waals surface area (Å²) < 4.78 is 6.68. The third kappa shape index (κ3) is 6.93. The lowest BCUT2D eigenvalue weighted by atomic mass is 10.1. The zero-order valence-electron chi connectivity index (χ0n) is 18.4. The van der Waals surface area contributed by atoms with Crippen molar-refractivity contribution >= 4 is 46.8 Å². The first kappa shape index (κ1) is 24.0. The van der Waals surface area contributed by atoms with Crippen molar-refractivity contribution in [2.75, 3.05) is 5.75 Å². The highest BCUT2D eigenvalue weighted by atomic mass is 35.5.